The van der Waals surface area contributed by atoms with Crippen LogP contribution < -0.4 is 4.74 Å². The van der Waals surface area contributed by atoms with Gasteiger partial charge in [0, 0.05) is 5.92 Å². The van der Waals surface area contributed by atoms with E-state index in [1.165, 1.54) is 24.1 Å². The second-order valence-electron chi connectivity index (χ2n) is 4.84. The van der Waals surface area contributed by atoms with Gasteiger partial charge in [0.05, 0.1) is 18.5 Å². The van der Waals surface area contributed by atoms with E-state index in [9.17, 15) is 0 Å². The number of benzene rings is 2. The van der Waals surface area contributed by atoms with E-state index in [1.54, 1.807) is 7.11 Å². The Bertz CT molecular complexity index is 568. The maximum atomic E-state index is 5.17. The van der Waals surface area contributed by atoms with Gasteiger partial charge in [-0.3, -0.25) is 4.99 Å². The lowest BCUT2D eigenvalue weighted by molar-refractivity contribution is 0.415. The Labute approximate surface area is 113 Å². The minimum Gasteiger partial charge on any atom is -0.497 e. The van der Waals surface area contributed by atoms with E-state index in [1.807, 2.05) is 30.3 Å². The van der Waals surface area contributed by atoms with Crippen molar-refractivity contribution in [1.82, 2.24) is 0 Å². The summed E-state index contributed by atoms with van der Waals surface area (Å²) in [5, 5.41) is 0. The summed E-state index contributed by atoms with van der Waals surface area (Å²) in [7, 11) is 1.68. The minimum absolute atomic E-state index is 0.629. The van der Waals surface area contributed by atoms with E-state index in [-0.39, 0.29) is 0 Å². The topological polar surface area (TPSA) is 21.6 Å². The summed E-state index contributed by atoms with van der Waals surface area (Å²) in [4.78, 5) is 4.83. The van der Waals surface area contributed by atoms with Crippen LogP contribution in [0.4, 0.5) is 5.69 Å². The average molecular weight is 251 g/mol. The molecule has 19 heavy (non-hydrogen) atoms. The number of hydrogen-bond donors (Lipinski definition) is 0. The van der Waals surface area contributed by atoms with Crippen LogP contribution in [-0.4, -0.2) is 12.8 Å². The molecule has 2 aromatic carbocycles. The largest absolute Gasteiger partial charge is 0.497 e. The highest BCUT2D eigenvalue weighted by Gasteiger charge is 2.28. The van der Waals surface area contributed by atoms with E-state index in [4.69, 9.17) is 9.73 Å². The smallest absolute Gasteiger partial charge is 0.119 e. The van der Waals surface area contributed by atoms with Crippen LogP contribution in [0.1, 0.15) is 18.4 Å². The number of hydrogen-bond acceptors (Lipinski definition) is 2. The monoisotopic (exact) mass is 251 g/mol. The summed E-state index contributed by atoms with van der Waals surface area (Å²) in [5.74, 6) is 1.50. The first-order chi connectivity index (χ1) is 9.36. The van der Waals surface area contributed by atoms with Crippen molar-refractivity contribution < 1.29 is 4.74 Å². The Morgan fingerprint density at radius 1 is 1.00 bits per heavy atom. The zero-order valence-electron chi connectivity index (χ0n) is 11.0. The van der Waals surface area contributed by atoms with Crippen molar-refractivity contribution in [1.29, 1.82) is 0 Å². The molecule has 2 heteroatoms. The molecule has 0 radical (unpaired) electrons. The van der Waals surface area contributed by atoms with E-state index in [0.717, 1.165) is 11.4 Å². The highest BCUT2D eigenvalue weighted by atomic mass is 16.5. The fourth-order valence-corrected chi connectivity index (χ4v) is 2.15. The van der Waals surface area contributed by atoms with E-state index in [0.29, 0.717) is 5.92 Å². The lowest BCUT2D eigenvalue weighted by Crippen LogP contribution is -2.02. The number of ether oxygens (including phenoxy) is 1. The fraction of sp³-hybridized carbons (Fsp3) is 0.235. The maximum absolute atomic E-state index is 5.17. The van der Waals surface area contributed by atoms with Gasteiger partial charge in [-0.2, -0.15) is 0 Å². The molecule has 0 spiro atoms. The van der Waals surface area contributed by atoms with Crippen LogP contribution in [0.3, 0.4) is 0 Å². The van der Waals surface area contributed by atoms with Crippen molar-refractivity contribution in [2.75, 3.05) is 7.11 Å². The first-order valence-corrected chi connectivity index (χ1v) is 6.65. The molecule has 0 N–H and O–H groups in total. The van der Waals surface area contributed by atoms with Gasteiger partial charge in [0.2, 0.25) is 0 Å². The molecule has 0 aromatic heterocycles. The molecule has 0 saturated heterocycles. The van der Waals surface area contributed by atoms with Crippen LogP contribution in [0.5, 0.6) is 5.75 Å². The standard InChI is InChI=1S/C17H17NO/c1-19-16-11-9-15(10-12-16)18-17(14-7-8-14)13-5-3-2-4-6-13/h2-6,9-12,14H,7-8H2,1H3. The Balaban J connectivity index is 1.93. The molecule has 2 nitrogen and oxygen atoms in total. The number of rotatable bonds is 4. The number of methoxy groups -OCH3 is 1. The van der Waals surface area contributed by atoms with Crippen LogP contribution >= 0.6 is 0 Å². The number of aliphatic imine (C=N–C) groups is 1. The Morgan fingerprint density at radius 2 is 1.68 bits per heavy atom. The van der Waals surface area contributed by atoms with Gasteiger partial charge in [-0.05, 0) is 42.7 Å². The van der Waals surface area contributed by atoms with E-state index >= 15 is 0 Å². The zero-order chi connectivity index (χ0) is 13.1. The first-order valence-electron chi connectivity index (χ1n) is 6.65. The first kappa shape index (κ1) is 12.0. The minimum atomic E-state index is 0.629. The summed E-state index contributed by atoms with van der Waals surface area (Å²) >= 11 is 0. The van der Waals surface area contributed by atoms with Crippen LogP contribution in [-0.2, 0) is 0 Å². The van der Waals surface area contributed by atoms with E-state index < -0.39 is 0 Å². The highest BCUT2D eigenvalue weighted by molar-refractivity contribution is 6.04. The molecule has 0 bridgehead atoms. The van der Waals surface area contributed by atoms with Crippen molar-refractivity contribution in [3.63, 3.8) is 0 Å². The molecule has 1 aliphatic carbocycles. The second kappa shape index (κ2) is 5.27. The van der Waals surface area contributed by atoms with Crippen LogP contribution in [0.2, 0.25) is 0 Å². The molecule has 0 atom stereocenters. The molecular weight excluding hydrogens is 234 g/mol. The van der Waals surface area contributed by atoms with Crippen LogP contribution in [0, 0.1) is 5.92 Å². The molecule has 0 aliphatic heterocycles. The van der Waals surface area contributed by atoms with Crippen molar-refractivity contribution in [3.8, 4) is 5.75 Å². The van der Waals surface area contributed by atoms with Crippen molar-refractivity contribution in [3.05, 3.63) is 60.2 Å². The summed E-state index contributed by atoms with van der Waals surface area (Å²) in [6.45, 7) is 0. The normalized spacial score (nSPS) is 15.3. The van der Waals surface area contributed by atoms with Crippen LogP contribution in [0.15, 0.2) is 59.6 Å². The van der Waals surface area contributed by atoms with Crippen molar-refractivity contribution >= 4 is 11.4 Å². The Kier molecular flexibility index (Phi) is 3.32. The molecule has 0 unspecified atom stereocenters. The molecule has 3 rings (SSSR count). The Hall–Kier alpha value is -2.09. The van der Waals surface area contributed by atoms with Crippen molar-refractivity contribution in [2.24, 2.45) is 10.9 Å². The molecule has 1 saturated carbocycles. The predicted octanol–water partition coefficient (Wildman–Crippen LogP) is 4.23. The summed E-state index contributed by atoms with van der Waals surface area (Å²) < 4.78 is 5.17. The third-order valence-corrected chi connectivity index (χ3v) is 3.36. The maximum Gasteiger partial charge on any atom is 0.119 e. The van der Waals surface area contributed by atoms with Gasteiger partial charge in [-0.1, -0.05) is 30.3 Å². The molecule has 2 aromatic rings. The van der Waals surface area contributed by atoms with Crippen molar-refractivity contribution in [2.45, 2.75) is 12.8 Å². The SMILES string of the molecule is COc1ccc(N=C(c2ccccc2)C2CC2)cc1. The number of nitrogens with zero attached hydrogens (tertiary/aromatic N) is 1. The second-order valence-corrected chi connectivity index (χ2v) is 4.84. The van der Waals surface area contributed by atoms with E-state index in [2.05, 4.69) is 24.3 Å². The highest BCUT2D eigenvalue weighted by Crippen LogP contribution is 2.35. The van der Waals surface area contributed by atoms with Gasteiger partial charge >= 0.3 is 0 Å². The summed E-state index contributed by atoms with van der Waals surface area (Å²) in [5.41, 5.74) is 3.44. The van der Waals surface area contributed by atoms with Gasteiger partial charge in [0.1, 0.15) is 5.75 Å². The van der Waals surface area contributed by atoms with Gasteiger partial charge in [-0.15, -0.1) is 0 Å². The quantitative estimate of drug-likeness (QED) is 0.745. The molecule has 96 valence electrons. The average Bonchev–Trinajstić information content (AvgIpc) is 3.31. The zero-order valence-corrected chi connectivity index (χ0v) is 11.0. The van der Waals surface area contributed by atoms with Gasteiger partial charge in [0.15, 0.2) is 0 Å². The molecule has 1 fully saturated rings. The molecule has 0 heterocycles. The third-order valence-electron chi connectivity index (χ3n) is 3.36. The summed E-state index contributed by atoms with van der Waals surface area (Å²) in [6, 6.07) is 18.4. The molecule has 0 amide bonds. The fourth-order valence-electron chi connectivity index (χ4n) is 2.15. The Morgan fingerprint density at radius 3 is 2.26 bits per heavy atom. The third kappa shape index (κ3) is 2.84. The van der Waals surface area contributed by atoms with Crippen LogP contribution in [0.25, 0.3) is 0 Å². The van der Waals surface area contributed by atoms with Gasteiger partial charge in [0.25, 0.3) is 0 Å². The lowest BCUT2D eigenvalue weighted by atomic mass is 10.1. The molecule has 1 aliphatic rings. The summed E-state index contributed by atoms with van der Waals surface area (Å²) in [6.07, 6.45) is 2.51. The van der Waals surface area contributed by atoms with Gasteiger partial charge < -0.3 is 4.74 Å². The van der Waals surface area contributed by atoms with Gasteiger partial charge in [-0.25, -0.2) is 0 Å². The lowest BCUT2D eigenvalue weighted by Gasteiger charge is -2.06. The predicted molar refractivity (Wildman–Crippen MR) is 78.4 cm³/mol. The molecular formula is C17H17NO.